The van der Waals surface area contributed by atoms with Crippen molar-refractivity contribution in [3.8, 4) is 0 Å². The van der Waals surface area contributed by atoms with E-state index in [1.165, 1.54) is 193 Å². The second-order valence-corrected chi connectivity index (χ2v) is 19.2. The molecular formula is C59H108O6. The quantitative estimate of drug-likeness (QED) is 0.0262. The average molecular weight is 914 g/mol. The molecule has 0 aliphatic heterocycles. The maximum absolute atomic E-state index is 12.8. The molecule has 0 spiro atoms. The Morgan fingerprint density at radius 3 is 0.892 bits per heavy atom. The highest BCUT2D eigenvalue weighted by Gasteiger charge is 2.19. The molecule has 0 fully saturated rings. The van der Waals surface area contributed by atoms with Gasteiger partial charge in [-0.1, -0.05) is 243 Å². The molecule has 6 heteroatoms. The summed E-state index contributed by atoms with van der Waals surface area (Å²) in [5.74, 6) is -0.870. The molecule has 0 heterocycles. The van der Waals surface area contributed by atoms with E-state index in [-0.39, 0.29) is 31.1 Å². The molecule has 0 saturated carbocycles. The fourth-order valence-corrected chi connectivity index (χ4v) is 8.29. The molecule has 65 heavy (non-hydrogen) atoms. The Labute approximate surface area is 404 Å². The molecule has 0 bridgehead atoms. The van der Waals surface area contributed by atoms with Crippen LogP contribution in [0.15, 0.2) is 36.5 Å². The lowest BCUT2D eigenvalue weighted by atomic mass is 10.0. The summed E-state index contributed by atoms with van der Waals surface area (Å²) < 4.78 is 16.9. The number of rotatable bonds is 52. The predicted octanol–water partition coefficient (Wildman–Crippen LogP) is 18.9. The lowest BCUT2D eigenvalue weighted by Gasteiger charge is -2.18. The number of esters is 3. The van der Waals surface area contributed by atoms with Crippen LogP contribution >= 0.6 is 0 Å². The molecule has 0 aliphatic rings. The monoisotopic (exact) mass is 913 g/mol. The van der Waals surface area contributed by atoms with Crippen molar-refractivity contribution in [3.63, 3.8) is 0 Å². The maximum Gasteiger partial charge on any atom is 0.306 e. The average Bonchev–Trinajstić information content (AvgIpc) is 3.30. The van der Waals surface area contributed by atoms with E-state index in [4.69, 9.17) is 14.2 Å². The van der Waals surface area contributed by atoms with Crippen molar-refractivity contribution in [1.29, 1.82) is 0 Å². The first-order valence-corrected chi connectivity index (χ1v) is 28.5. The minimum atomic E-state index is -0.773. The van der Waals surface area contributed by atoms with Gasteiger partial charge in [0, 0.05) is 19.3 Å². The number of hydrogen-bond donors (Lipinski definition) is 0. The number of unbranched alkanes of at least 4 members (excludes halogenated alkanes) is 35. The molecule has 0 radical (unpaired) electrons. The van der Waals surface area contributed by atoms with Gasteiger partial charge in [0.15, 0.2) is 6.10 Å². The molecule has 0 aliphatic carbocycles. The summed E-state index contributed by atoms with van der Waals surface area (Å²) in [4.78, 5) is 38.1. The Bertz CT molecular complexity index is 1090. The third-order valence-corrected chi connectivity index (χ3v) is 12.6. The molecule has 380 valence electrons. The maximum atomic E-state index is 12.8. The summed E-state index contributed by atoms with van der Waals surface area (Å²) in [5.41, 5.74) is 0. The lowest BCUT2D eigenvalue weighted by molar-refractivity contribution is -0.167. The standard InChI is InChI=1S/C59H108O6/c1-4-7-10-13-16-19-22-25-27-28-29-30-32-35-37-40-43-46-49-52-58(61)64-55-56(65-59(62)53-50-47-44-41-38-33-24-21-18-15-12-9-6-3)54-63-57(60)51-48-45-42-39-36-34-31-26-23-20-17-14-11-8-5-2/h16,19,25-27,31,56H,4-15,17-18,20-24,28-30,32-55H2,1-3H3/b19-16-,27-25-,31-26-/t56-/m0/s1. The molecule has 1 atom stereocenters. The summed E-state index contributed by atoms with van der Waals surface area (Å²) in [6, 6.07) is 0. The van der Waals surface area contributed by atoms with Crippen molar-refractivity contribution in [2.45, 2.75) is 309 Å². The Kier molecular flexibility index (Phi) is 52.3. The van der Waals surface area contributed by atoms with Crippen LogP contribution in [0, 0.1) is 0 Å². The van der Waals surface area contributed by atoms with Gasteiger partial charge in [0.05, 0.1) is 0 Å². The van der Waals surface area contributed by atoms with Gasteiger partial charge < -0.3 is 14.2 Å². The molecule has 0 rings (SSSR count). The van der Waals surface area contributed by atoms with Crippen molar-refractivity contribution in [3.05, 3.63) is 36.5 Å². The first-order chi connectivity index (χ1) is 32.0. The Morgan fingerprint density at radius 1 is 0.308 bits per heavy atom. The predicted molar refractivity (Wildman–Crippen MR) is 279 cm³/mol. The normalized spacial score (nSPS) is 12.2. The summed E-state index contributed by atoms with van der Waals surface area (Å²) in [6.45, 7) is 6.63. The molecule has 0 saturated heterocycles. The largest absolute Gasteiger partial charge is 0.462 e. The molecule has 0 aromatic heterocycles. The van der Waals surface area contributed by atoms with Crippen LogP contribution in [0.5, 0.6) is 0 Å². The van der Waals surface area contributed by atoms with Gasteiger partial charge in [-0.05, 0) is 77.0 Å². The van der Waals surface area contributed by atoms with Crippen molar-refractivity contribution < 1.29 is 28.6 Å². The van der Waals surface area contributed by atoms with Crippen molar-refractivity contribution in [2.75, 3.05) is 13.2 Å². The van der Waals surface area contributed by atoms with Gasteiger partial charge in [-0.2, -0.15) is 0 Å². The van der Waals surface area contributed by atoms with Gasteiger partial charge in [0.1, 0.15) is 13.2 Å². The van der Waals surface area contributed by atoms with Gasteiger partial charge in [-0.25, -0.2) is 0 Å². The first kappa shape index (κ1) is 62.6. The van der Waals surface area contributed by atoms with Crippen LogP contribution in [-0.4, -0.2) is 37.2 Å². The van der Waals surface area contributed by atoms with Crippen molar-refractivity contribution >= 4 is 17.9 Å². The Hall–Kier alpha value is -2.37. The molecule has 0 amide bonds. The highest BCUT2D eigenvalue weighted by molar-refractivity contribution is 5.71. The third kappa shape index (κ3) is 52.5. The number of allylic oxidation sites excluding steroid dienone is 6. The van der Waals surface area contributed by atoms with Crippen molar-refractivity contribution in [2.24, 2.45) is 0 Å². The van der Waals surface area contributed by atoms with Crippen LogP contribution in [0.25, 0.3) is 0 Å². The van der Waals surface area contributed by atoms with E-state index in [1.807, 2.05) is 0 Å². The molecule has 6 nitrogen and oxygen atoms in total. The van der Waals surface area contributed by atoms with E-state index in [0.29, 0.717) is 19.3 Å². The van der Waals surface area contributed by atoms with Crippen LogP contribution in [0.2, 0.25) is 0 Å². The van der Waals surface area contributed by atoms with E-state index in [9.17, 15) is 14.4 Å². The third-order valence-electron chi connectivity index (χ3n) is 12.6. The van der Waals surface area contributed by atoms with Crippen molar-refractivity contribution in [1.82, 2.24) is 0 Å². The van der Waals surface area contributed by atoms with Gasteiger partial charge >= 0.3 is 17.9 Å². The van der Waals surface area contributed by atoms with Crippen LogP contribution < -0.4 is 0 Å². The molecule has 0 aromatic carbocycles. The molecule has 0 aromatic rings. The van der Waals surface area contributed by atoms with Crippen LogP contribution in [0.1, 0.15) is 303 Å². The Morgan fingerprint density at radius 2 is 0.554 bits per heavy atom. The second-order valence-electron chi connectivity index (χ2n) is 19.2. The van der Waals surface area contributed by atoms with Gasteiger partial charge in [-0.3, -0.25) is 14.4 Å². The minimum Gasteiger partial charge on any atom is -0.462 e. The SMILES string of the molecule is CCCCC/C=C\C/C=C\CCCCCCCCCCCC(=O)OC[C@H](COC(=O)CCCCCCC/C=C\CCCCCCCC)OC(=O)CCCCCCCCCCCCCCC. The zero-order valence-electron chi connectivity index (χ0n) is 43.5. The summed E-state index contributed by atoms with van der Waals surface area (Å²) in [6.07, 6.45) is 64.1. The smallest absolute Gasteiger partial charge is 0.306 e. The second kappa shape index (κ2) is 54.2. The summed E-state index contributed by atoms with van der Waals surface area (Å²) >= 11 is 0. The van der Waals surface area contributed by atoms with Gasteiger partial charge in [0.25, 0.3) is 0 Å². The fourth-order valence-electron chi connectivity index (χ4n) is 8.29. The van der Waals surface area contributed by atoms with Crippen LogP contribution in [-0.2, 0) is 28.6 Å². The number of hydrogen-bond acceptors (Lipinski definition) is 6. The minimum absolute atomic E-state index is 0.0736. The lowest BCUT2D eigenvalue weighted by Crippen LogP contribution is -2.30. The highest BCUT2D eigenvalue weighted by Crippen LogP contribution is 2.16. The van der Waals surface area contributed by atoms with Gasteiger partial charge in [0.2, 0.25) is 0 Å². The summed E-state index contributed by atoms with van der Waals surface area (Å²) in [7, 11) is 0. The number of carbonyl (C=O) groups is 3. The number of carbonyl (C=O) groups excluding carboxylic acids is 3. The van der Waals surface area contributed by atoms with E-state index in [2.05, 4.69) is 57.2 Å². The summed E-state index contributed by atoms with van der Waals surface area (Å²) in [5, 5.41) is 0. The van der Waals surface area contributed by atoms with Crippen LogP contribution in [0.4, 0.5) is 0 Å². The Balaban J connectivity index is 4.33. The van der Waals surface area contributed by atoms with E-state index >= 15 is 0 Å². The topological polar surface area (TPSA) is 78.9 Å². The first-order valence-electron chi connectivity index (χ1n) is 28.5. The van der Waals surface area contributed by atoms with E-state index < -0.39 is 6.10 Å². The molecule has 0 N–H and O–H groups in total. The fraction of sp³-hybridized carbons (Fsp3) is 0.847. The molecular weight excluding hydrogens is 805 g/mol. The van der Waals surface area contributed by atoms with Crippen LogP contribution in [0.3, 0.4) is 0 Å². The van der Waals surface area contributed by atoms with Gasteiger partial charge in [-0.15, -0.1) is 0 Å². The van der Waals surface area contributed by atoms with E-state index in [1.54, 1.807) is 0 Å². The zero-order valence-corrected chi connectivity index (χ0v) is 43.5. The zero-order chi connectivity index (χ0) is 47.2. The molecule has 0 unspecified atom stereocenters. The highest BCUT2D eigenvalue weighted by atomic mass is 16.6. The number of ether oxygens (including phenoxy) is 3. The van der Waals surface area contributed by atoms with E-state index in [0.717, 1.165) is 70.6 Å².